The second-order valence-electron chi connectivity index (χ2n) is 2.37. The Bertz CT molecular complexity index is 88.9. The number of ketones is 1. The van der Waals surface area contributed by atoms with Crippen molar-refractivity contribution in [3.63, 3.8) is 0 Å². The van der Waals surface area contributed by atoms with Crippen molar-refractivity contribution in [2.24, 2.45) is 5.92 Å². The third kappa shape index (κ3) is 4.15. The molecule has 9 heavy (non-hydrogen) atoms. The van der Waals surface area contributed by atoms with Crippen LogP contribution in [0.1, 0.15) is 26.7 Å². The molecule has 0 rings (SSSR count). The highest BCUT2D eigenvalue weighted by molar-refractivity contribution is 5.78. The number of rotatable bonds is 4. The van der Waals surface area contributed by atoms with Crippen LogP contribution in [0.4, 0.5) is 0 Å². The summed E-state index contributed by atoms with van der Waals surface area (Å²) in [6.07, 6.45) is 1.02. The predicted octanol–water partition coefficient (Wildman–Crippen LogP) is 1.42. The minimum atomic E-state index is -0.133. The quantitative estimate of drug-likeness (QED) is 0.565. The Kier molecular flexibility index (Phi) is 4.32. The topological polar surface area (TPSA) is 37.0 Å². The van der Waals surface area contributed by atoms with Crippen LogP contribution in [0.15, 0.2) is 0 Å². The zero-order chi connectivity index (χ0) is 7.28. The molecule has 0 bridgehead atoms. The minimum Gasteiger partial charge on any atom is -0.300 e. The van der Waals surface area contributed by atoms with Gasteiger partial charge >= 0.3 is 0 Å². The molecule has 0 aromatic heterocycles. The van der Waals surface area contributed by atoms with E-state index < -0.39 is 0 Å². The second-order valence-corrected chi connectivity index (χ2v) is 2.37. The first kappa shape index (κ1) is 8.63. The maximum atomic E-state index is 10.6. The molecule has 2 nitrogen and oxygen atoms in total. The van der Waals surface area contributed by atoms with Crippen molar-refractivity contribution in [2.45, 2.75) is 26.7 Å². The fourth-order valence-corrected chi connectivity index (χ4v) is 0.592. The van der Waals surface area contributed by atoms with Crippen LogP contribution in [0, 0.1) is 5.92 Å². The molecule has 0 fully saturated rings. The first-order valence-corrected chi connectivity index (χ1v) is 3.30. The van der Waals surface area contributed by atoms with Crippen molar-refractivity contribution in [2.75, 3.05) is 6.61 Å². The van der Waals surface area contributed by atoms with Gasteiger partial charge in [0.15, 0.2) is 0 Å². The first-order valence-electron chi connectivity index (χ1n) is 3.30. The maximum absolute atomic E-state index is 10.6. The molecule has 0 amide bonds. The van der Waals surface area contributed by atoms with E-state index in [4.69, 9.17) is 0 Å². The summed E-state index contributed by atoms with van der Waals surface area (Å²) in [5, 5.41) is 10.1. The van der Waals surface area contributed by atoms with Crippen molar-refractivity contribution in [1.29, 1.82) is 0 Å². The van der Waals surface area contributed by atoms with Crippen molar-refractivity contribution < 1.29 is 9.90 Å². The molecule has 0 spiro atoms. The van der Waals surface area contributed by atoms with Crippen LogP contribution in [0.5, 0.6) is 0 Å². The average molecular weight is 129 g/mol. The van der Waals surface area contributed by atoms with Gasteiger partial charge in [0.05, 0.1) is 6.61 Å². The molecule has 1 atom stereocenters. The lowest BCUT2D eigenvalue weighted by atomic mass is 10.1. The number of carbonyl (C=O) groups excluding carboxylic acids is 1. The second kappa shape index (κ2) is 4.50. The van der Waals surface area contributed by atoms with E-state index in [1.165, 1.54) is 0 Å². The SMILES string of the molecule is CCC(=O)CC(C)C[O]. The van der Waals surface area contributed by atoms with Gasteiger partial charge in [-0.3, -0.25) is 4.79 Å². The van der Waals surface area contributed by atoms with Crippen molar-refractivity contribution >= 4 is 5.78 Å². The van der Waals surface area contributed by atoms with Crippen LogP contribution >= 0.6 is 0 Å². The smallest absolute Gasteiger partial charge is 0.132 e. The first-order chi connectivity index (χ1) is 4.20. The molecule has 0 aromatic rings. The van der Waals surface area contributed by atoms with Gasteiger partial charge in [0.1, 0.15) is 5.78 Å². The summed E-state index contributed by atoms with van der Waals surface area (Å²) in [4.78, 5) is 10.6. The molecule has 53 valence electrons. The largest absolute Gasteiger partial charge is 0.300 e. The predicted molar refractivity (Wildman–Crippen MR) is 34.6 cm³/mol. The summed E-state index contributed by atoms with van der Waals surface area (Å²) >= 11 is 0. The summed E-state index contributed by atoms with van der Waals surface area (Å²) in [5.41, 5.74) is 0. The van der Waals surface area contributed by atoms with Gasteiger partial charge in [0.25, 0.3) is 0 Å². The van der Waals surface area contributed by atoms with E-state index in [1.807, 2.05) is 6.92 Å². The molecule has 1 unspecified atom stereocenters. The lowest BCUT2D eigenvalue weighted by Gasteiger charge is -2.01. The van der Waals surface area contributed by atoms with Crippen molar-refractivity contribution in [3.8, 4) is 0 Å². The Labute approximate surface area is 55.9 Å². The highest BCUT2D eigenvalue weighted by Crippen LogP contribution is 2.02. The Morgan fingerprint density at radius 3 is 2.44 bits per heavy atom. The Morgan fingerprint density at radius 1 is 1.56 bits per heavy atom. The fraction of sp³-hybridized carbons (Fsp3) is 0.857. The van der Waals surface area contributed by atoms with Crippen LogP contribution in [-0.4, -0.2) is 12.4 Å². The van der Waals surface area contributed by atoms with Gasteiger partial charge in [0.2, 0.25) is 0 Å². The monoisotopic (exact) mass is 129 g/mol. The molecule has 0 aliphatic carbocycles. The maximum Gasteiger partial charge on any atom is 0.132 e. The normalized spacial score (nSPS) is 13.2. The van der Waals surface area contributed by atoms with Gasteiger partial charge < -0.3 is 0 Å². The minimum absolute atomic E-state index is 0.0254. The van der Waals surface area contributed by atoms with Crippen LogP contribution in [-0.2, 0) is 9.90 Å². The molecule has 0 N–H and O–H groups in total. The molecular formula is C7H13O2. The van der Waals surface area contributed by atoms with Gasteiger partial charge in [-0.05, 0) is 5.92 Å². The highest BCUT2D eigenvalue weighted by atomic mass is 16.3. The zero-order valence-corrected chi connectivity index (χ0v) is 6.02. The van der Waals surface area contributed by atoms with E-state index in [0.717, 1.165) is 0 Å². The van der Waals surface area contributed by atoms with Crippen LogP contribution in [0.2, 0.25) is 0 Å². The lowest BCUT2D eigenvalue weighted by Crippen LogP contribution is -2.06. The number of hydrogen-bond acceptors (Lipinski definition) is 1. The average Bonchev–Trinajstić information content (AvgIpc) is 1.87. The fourth-order valence-electron chi connectivity index (χ4n) is 0.592. The highest BCUT2D eigenvalue weighted by Gasteiger charge is 2.05. The van der Waals surface area contributed by atoms with E-state index in [-0.39, 0.29) is 18.3 Å². The summed E-state index contributed by atoms with van der Waals surface area (Å²) in [6.45, 7) is 3.49. The van der Waals surface area contributed by atoms with Crippen LogP contribution < -0.4 is 0 Å². The van der Waals surface area contributed by atoms with Crippen molar-refractivity contribution in [3.05, 3.63) is 0 Å². The van der Waals surface area contributed by atoms with E-state index >= 15 is 0 Å². The van der Waals surface area contributed by atoms with Gasteiger partial charge in [-0.2, -0.15) is 0 Å². The number of carbonyl (C=O) groups is 1. The molecule has 0 aromatic carbocycles. The van der Waals surface area contributed by atoms with Gasteiger partial charge in [-0.25, -0.2) is 5.11 Å². The third-order valence-electron chi connectivity index (χ3n) is 1.25. The molecule has 0 heterocycles. The lowest BCUT2D eigenvalue weighted by molar-refractivity contribution is -0.120. The van der Waals surface area contributed by atoms with Crippen LogP contribution in [0.25, 0.3) is 0 Å². The van der Waals surface area contributed by atoms with E-state index in [9.17, 15) is 9.90 Å². The number of hydrogen-bond donors (Lipinski definition) is 0. The van der Waals surface area contributed by atoms with E-state index in [0.29, 0.717) is 12.8 Å². The van der Waals surface area contributed by atoms with E-state index in [1.54, 1.807) is 6.92 Å². The molecule has 0 aliphatic heterocycles. The molecule has 1 radical (unpaired) electrons. The van der Waals surface area contributed by atoms with Gasteiger partial charge in [0, 0.05) is 12.8 Å². The van der Waals surface area contributed by atoms with Gasteiger partial charge in [-0.1, -0.05) is 13.8 Å². The summed E-state index contributed by atoms with van der Waals surface area (Å²) < 4.78 is 0. The summed E-state index contributed by atoms with van der Waals surface area (Å²) in [5.74, 6) is 0.218. The molecular weight excluding hydrogens is 116 g/mol. The molecule has 0 saturated carbocycles. The molecule has 2 heteroatoms. The van der Waals surface area contributed by atoms with E-state index in [2.05, 4.69) is 0 Å². The molecule has 0 saturated heterocycles. The standard InChI is InChI=1S/C7H13O2/c1-3-7(9)4-6(2)5-8/h6H,3-5H2,1-2H3. The van der Waals surface area contributed by atoms with Crippen molar-refractivity contribution in [1.82, 2.24) is 0 Å². The zero-order valence-electron chi connectivity index (χ0n) is 6.02. The Morgan fingerprint density at radius 2 is 2.11 bits per heavy atom. The molecule has 0 aliphatic rings. The number of Topliss-reactive ketones (excluding diaryl/α,β-unsaturated/α-hetero) is 1. The summed E-state index contributed by atoms with van der Waals surface area (Å²) in [6, 6.07) is 0. The van der Waals surface area contributed by atoms with Crippen LogP contribution in [0.3, 0.4) is 0 Å². The summed E-state index contributed by atoms with van der Waals surface area (Å²) in [7, 11) is 0. The Hall–Kier alpha value is -0.370. The Balaban J connectivity index is 3.34. The third-order valence-corrected chi connectivity index (χ3v) is 1.25. The van der Waals surface area contributed by atoms with Gasteiger partial charge in [-0.15, -0.1) is 0 Å².